The summed E-state index contributed by atoms with van der Waals surface area (Å²) in [4.78, 5) is 56.1. The molecular weight excluding hydrogens is 621 g/mol. The third-order valence-corrected chi connectivity index (χ3v) is 9.08. The SMILES string of the molecule is CC(C)CC(C(=O)OC(C)(C)C)N(C)C(=O)c1ccccc1SSc1ccccc1C(=O)CN[C@@H](CC(C)C)C(=O)OC(C)(C)C. The maximum absolute atomic E-state index is 13.8. The first-order valence-electron chi connectivity index (χ1n) is 15.8. The molecule has 2 rings (SSSR count). The van der Waals surface area contributed by atoms with E-state index in [9.17, 15) is 19.2 Å². The summed E-state index contributed by atoms with van der Waals surface area (Å²) in [5, 5.41) is 3.13. The average Bonchev–Trinajstić information content (AvgIpc) is 2.94. The molecule has 0 saturated carbocycles. The van der Waals surface area contributed by atoms with Crippen molar-refractivity contribution in [3.8, 4) is 0 Å². The second kappa shape index (κ2) is 17.4. The smallest absolute Gasteiger partial charge is 0.329 e. The van der Waals surface area contributed by atoms with E-state index in [1.54, 1.807) is 31.3 Å². The van der Waals surface area contributed by atoms with Crippen LogP contribution in [0.3, 0.4) is 0 Å². The predicted molar refractivity (Wildman–Crippen MR) is 187 cm³/mol. The highest BCUT2D eigenvalue weighted by molar-refractivity contribution is 8.76. The number of benzene rings is 2. The third-order valence-electron chi connectivity index (χ3n) is 6.59. The molecule has 0 aliphatic heterocycles. The van der Waals surface area contributed by atoms with Crippen molar-refractivity contribution in [2.75, 3.05) is 13.6 Å². The zero-order valence-corrected chi connectivity index (χ0v) is 30.9. The minimum absolute atomic E-state index is 0.0271. The van der Waals surface area contributed by atoms with Gasteiger partial charge in [0, 0.05) is 22.4 Å². The number of ether oxygens (including phenoxy) is 2. The topological polar surface area (TPSA) is 102 Å². The lowest BCUT2D eigenvalue weighted by atomic mass is 10.0. The van der Waals surface area contributed by atoms with Crippen LogP contribution in [0.4, 0.5) is 0 Å². The first kappa shape index (κ1) is 39.4. The van der Waals surface area contributed by atoms with Gasteiger partial charge in [-0.3, -0.25) is 19.7 Å². The number of carbonyl (C=O) groups excluding carboxylic acids is 4. The molecule has 0 fully saturated rings. The van der Waals surface area contributed by atoms with E-state index in [1.807, 2.05) is 93.5 Å². The van der Waals surface area contributed by atoms with Gasteiger partial charge in [0.15, 0.2) is 5.78 Å². The van der Waals surface area contributed by atoms with Crippen LogP contribution in [0.15, 0.2) is 58.3 Å². The molecule has 2 atom stereocenters. The van der Waals surface area contributed by atoms with Crippen molar-refractivity contribution in [2.24, 2.45) is 11.8 Å². The number of esters is 2. The Morgan fingerprint density at radius 3 is 1.67 bits per heavy atom. The summed E-state index contributed by atoms with van der Waals surface area (Å²) in [7, 11) is 4.39. The van der Waals surface area contributed by atoms with E-state index in [1.165, 1.54) is 26.5 Å². The van der Waals surface area contributed by atoms with E-state index in [4.69, 9.17) is 9.47 Å². The molecule has 0 bridgehead atoms. The summed E-state index contributed by atoms with van der Waals surface area (Å²) in [6.07, 6.45) is 1.01. The van der Waals surface area contributed by atoms with Gasteiger partial charge >= 0.3 is 11.9 Å². The number of likely N-dealkylation sites (N-methyl/N-ethyl adjacent to an activating group) is 1. The standard InChI is InChI=1S/C36H52N2O6S2/c1-23(2)20-27(33(41)43-35(5,6)7)37-22-29(39)25-16-12-14-18-30(25)45-46-31-19-15-13-17-26(31)32(40)38(11)28(21-24(3)4)34(42)44-36(8,9)10/h12-19,23-24,27-28,37H,20-22H2,1-11H3/t27-,28?/m0/s1. The Bertz CT molecular complexity index is 1350. The quantitative estimate of drug-likeness (QED) is 0.115. The number of rotatable bonds is 15. The summed E-state index contributed by atoms with van der Waals surface area (Å²) in [6, 6.07) is 13.2. The summed E-state index contributed by atoms with van der Waals surface area (Å²) in [5.74, 6) is -0.848. The molecule has 0 radical (unpaired) electrons. The normalized spacial score (nSPS) is 13.3. The Morgan fingerprint density at radius 2 is 1.17 bits per heavy atom. The maximum Gasteiger partial charge on any atom is 0.329 e. The number of hydrogen-bond donors (Lipinski definition) is 1. The zero-order chi connectivity index (χ0) is 34.8. The van der Waals surface area contributed by atoms with Gasteiger partial charge < -0.3 is 14.4 Å². The Kier molecular flexibility index (Phi) is 14.9. The fourth-order valence-corrected chi connectivity index (χ4v) is 6.93. The van der Waals surface area contributed by atoms with E-state index in [0.717, 1.165) is 4.90 Å². The van der Waals surface area contributed by atoms with Crippen molar-refractivity contribution in [2.45, 2.75) is 115 Å². The van der Waals surface area contributed by atoms with E-state index in [0.29, 0.717) is 28.9 Å². The van der Waals surface area contributed by atoms with Crippen LogP contribution in [0.25, 0.3) is 0 Å². The molecule has 254 valence electrons. The molecule has 0 aliphatic rings. The molecule has 2 aromatic carbocycles. The molecule has 1 N–H and O–H groups in total. The van der Waals surface area contributed by atoms with Gasteiger partial charge in [-0.25, -0.2) is 4.79 Å². The Morgan fingerprint density at radius 1 is 0.717 bits per heavy atom. The van der Waals surface area contributed by atoms with Gasteiger partial charge in [-0.1, -0.05) is 79.6 Å². The molecular formula is C36H52N2O6S2. The van der Waals surface area contributed by atoms with Crippen molar-refractivity contribution < 1.29 is 28.7 Å². The number of ketones is 1. The van der Waals surface area contributed by atoms with Crippen molar-refractivity contribution in [3.63, 3.8) is 0 Å². The van der Waals surface area contributed by atoms with E-state index in [-0.39, 0.29) is 36.0 Å². The minimum atomic E-state index is -0.733. The fourth-order valence-electron chi connectivity index (χ4n) is 4.55. The van der Waals surface area contributed by atoms with Crippen LogP contribution in [-0.2, 0) is 19.1 Å². The monoisotopic (exact) mass is 672 g/mol. The van der Waals surface area contributed by atoms with Gasteiger partial charge in [0.05, 0.1) is 12.1 Å². The number of Topliss-reactive ketones (excluding diaryl/α,β-unsaturated/α-hetero) is 1. The van der Waals surface area contributed by atoms with Crippen molar-refractivity contribution in [1.82, 2.24) is 10.2 Å². The molecule has 46 heavy (non-hydrogen) atoms. The van der Waals surface area contributed by atoms with Crippen molar-refractivity contribution in [3.05, 3.63) is 59.7 Å². The summed E-state index contributed by atoms with van der Waals surface area (Å²) < 4.78 is 11.2. The van der Waals surface area contributed by atoms with Crippen molar-refractivity contribution >= 4 is 45.2 Å². The van der Waals surface area contributed by atoms with Gasteiger partial charge in [-0.15, -0.1) is 0 Å². The minimum Gasteiger partial charge on any atom is -0.459 e. The molecule has 2 aromatic rings. The molecule has 10 heteroatoms. The zero-order valence-electron chi connectivity index (χ0n) is 29.3. The second-order valence-electron chi connectivity index (χ2n) is 14.3. The number of nitrogens with zero attached hydrogens (tertiary/aromatic N) is 1. The fraction of sp³-hybridized carbons (Fsp3) is 0.556. The molecule has 0 aromatic heterocycles. The Labute approximate surface area is 283 Å². The summed E-state index contributed by atoms with van der Waals surface area (Å²) in [5.41, 5.74) is -0.329. The van der Waals surface area contributed by atoms with Crippen LogP contribution < -0.4 is 5.32 Å². The van der Waals surface area contributed by atoms with E-state index >= 15 is 0 Å². The molecule has 0 spiro atoms. The summed E-state index contributed by atoms with van der Waals surface area (Å²) in [6.45, 7) is 18.9. The first-order chi connectivity index (χ1) is 21.3. The van der Waals surface area contributed by atoms with Gasteiger partial charge in [0.25, 0.3) is 5.91 Å². The highest BCUT2D eigenvalue weighted by atomic mass is 33.1. The van der Waals surface area contributed by atoms with Crippen LogP contribution in [0, 0.1) is 11.8 Å². The van der Waals surface area contributed by atoms with Crippen LogP contribution in [0.5, 0.6) is 0 Å². The van der Waals surface area contributed by atoms with Crippen LogP contribution >= 0.6 is 21.6 Å². The second-order valence-corrected chi connectivity index (χ2v) is 16.5. The lowest BCUT2D eigenvalue weighted by Gasteiger charge is -2.31. The van der Waals surface area contributed by atoms with Crippen LogP contribution in [-0.4, -0.2) is 65.4 Å². The van der Waals surface area contributed by atoms with Crippen LogP contribution in [0.1, 0.15) is 103 Å². The van der Waals surface area contributed by atoms with Crippen molar-refractivity contribution in [1.29, 1.82) is 0 Å². The number of hydrogen-bond acceptors (Lipinski definition) is 9. The van der Waals surface area contributed by atoms with Gasteiger partial charge in [0.1, 0.15) is 23.3 Å². The predicted octanol–water partition coefficient (Wildman–Crippen LogP) is 7.84. The van der Waals surface area contributed by atoms with E-state index < -0.39 is 29.3 Å². The van der Waals surface area contributed by atoms with Crippen LogP contribution in [0.2, 0.25) is 0 Å². The van der Waals surface area contributed by atoms with Gasteiger partial charge in [0.2, 0.25) is 0 Å². The number of carbonyl (C=O) groups is 4. The molecule has 1 unspecified atom stereocenters. The highest BCUT2D eigenvalue weighted by Gasteiger charge is 2.33. The summed E-state index contributed by atoms with van der Waals surface area (Å²) >= 11 is 0. The molecule has 1 amide bonds. The van der Waals surface area contributed by atoms with Gasteiger partial charge in [-0.2, -0.15) is 0 Å². The highest BCUT2D eigenvalue weighted by Crippen LogP contribution is 2.41. The number of amides is 1. The molecule has 8 nitrogen and oxygen atoms in total. The Hall–Kier alpha value is -2.82. The molecule has 0 aliphatic carbocycles. The maximum atomic E-state index is 13.8. The third kappa shape index (κ3) is 13.1. The van der Waals surface area contributed by atoms with Gasteiger partial charge in [-0.05, 0) is 84.4 Å². The first-order valence-corrected chi connectivity index (χ1v) is 18.0. The Balaban J connectivity index is 2.23. The lowest BCUT2D eigenvalue weighted by molar-refractivity contribution is -0.161. The van der Waals surface area contributed by atoms with E-state index in [2.05, 4.69) is 5.32 Å². The largest absolute Gasteiger partial charge is 0.459 e. The average molecular weight is 673 g/mol. The molecule has 0 heterocycles. The number of nitrogens with one attached hydrogen (secondary N) is 1. The lowest BCUT2D eigenvalue weighted by Crippen LogP contribution is -2.46. The molecule has 0 saturated heterocycles.